The Balaban J connectivity index is 1.97. The number of aldehydes is 1. The van der Waals surface area contributed by atoms with E-state index >= 15 is 0 Å². The lowest BCUT2D eigenvalue weighted by atomic mass is 10.1. The van der Waals surface area contributed by atoms with Gasteiger partial charge in [-0.15, -0.1) is 0 Å². The molecule has 24 heavy (non-hydrogen) atoms. The van der Waals surface area contributed by atoms with E-state index < -0.39 is 7.40 Å². The smallest absolute Gasteiger partial charge is 0.349 e. The molecule has 1 atom stereocenters. The summed E-state index contributed by atoms with van der Waals surface area (Å²) in [5.74, 6) is -0.209. The maximum atomic E-state index is 13.2. The second-order valence-corrected chi connectivity index (χ2v) is 5.78. The van der Waals surface area contributed by atoms with Crippen molar-refractivity contribution in [1.29, 1.82) is 0 Å². The summed E-state index contributed by atoms with van der Waals surface area (Å²) >= 11 is 0. The maximum Gasteiger partial charge on any atom is 0.677 e. The van der Waals surface area contributed by atoms with Crippen molar-refractivity contribution in [1.82, 2.24) is 9.79 Å². The number of hydrogen-bond acceptors (Lipinski definition) is 3. The van der Waals surface area contributed by atoms with E-state index in [1.165, 1.54) is 0 Å². The number of nitrogens with zero attached hydrogens (tertiary/aromatic N) is 2. The molecule has 0 radical (unpaired) electrons. The summed E-state index contributed by atoms with van der Waals surface area (Å²) in [4.78, 5) is 26.1. The molecule has 0 fully saturated rings. The first-order valence-corrected chi connectivity index (χ1v) is 7.83. The van der Waals surface area contributed by atoms with Crippen molar-refractivity contribution in [3.63, 3.8) is 0 Å². The molecule has 5 nitrogen and oxygen atoms in total. The molecule has 1 N–H and O–H groups in total. The first kappa shape index (κ1) is 18.1. The number of rotatable bonds is 8. The van der Waals surface area contributed by atoms with Crippen LogP contribution in [-0.4, -0.2) is 42.4 Å². The number of carbonyl (C=O) groups is 2. The van der Waals surface area contributed by atoms with Crippen LogP contribution in [0, 0.1) is 13.8 Å². The Kier molecular flexibility index (Phi) is 6.06. The topological polar surface area (TPSA) is 63.5 Å². The number of hydrogen-bond donors (Lipinski definition) is 1. The van der Waals surface area contributed by atoms with Gasteiger partial charge in [0.05, 0.1) is 12.6 Å². The Labute approximate surface area is 140 Å². The average molecular weight is 335 g/mol. The predicted octanol–water partition coefficient (Wildman–Crippen LogP) is 1.89. The summed E-state index contributed by atoms with van der Waals surface area (Å²) in [7, 11) is -2.57. The minimum Gasteiger partial charge on any atom is -0.349 e. The van der Waals surface area contributed by atoms with Gasteiger partial charge >= 0.3 is 7.40 Å². The average Bonchev–Trinajstić information content (AvgIpc) is 3.08. The molecule has 1 aromatic heterocycles. The first-order valence-electron chi connectivity index (χ1n) is 7.83. The van der Waals surface area contributed by atoms with Crippen LogP contribution in [0.25, 0.3) is 0 Å². The Morgan fingerprint density at radius 2 is 2.21 bits per heavy atom. The van der Waals surface area contributed by atoms with Gasteiger partial charge in [0, 0.05) is 29.9 Å². The molecular formula is C16H20BF2N3O2. The lowest BCUT2D eigenvalue weighted by Crippen LogP contribution is -2.25. The van der Waals surface area contributed by atoms with Gasteiger partial charge in [0.2, 0.25) is 5.91 Å². The summed E-state index contributed by atoms with van der Waals surface area (Å²) in [5, 5.41) is 2.46. The Bertz CT molecular complexity index is 683. The monoisotopic (exact) mass is 335 g/mol. The number of amides is 1. The third-order valence-electron chi connectivity index (χ3n) is 3.98. The molecule has 0 saturated carbocycles. The van der Waals surface area contributed by atoms with Crippen molar-refractivity contribution in [3.05, 3.63) is 35.2 Å². The fraction of sp³-hybridized carbons (Fsp3) is 0.438. The molecule has 2 heterocycles. The molecule has 128 valence electrons. The van der Waals surface area contributed by atoms with E-state index in [-0.39, 0.29) is 24.9 Å². The van der Waals surface area contributed by atoms with E-state index in [2.05, 4.69) is 10.3 Å². The number of aryl methyl sites for hydroxylation is 2. The molecule has 0 spiro atoms. The number of allylic oxidation sites excluding steroid dienone is 1. The fourth-order valence-electron chi connectivity index (χ4n) is 2.87. The van der Waals surface area contributed by atoms with Crippen LogP contribution in [-0.2, 0) is 16.0 Å². The van der Waals surface area contributed by atoms with Crippen molar-refractivity contribution >= 4 is 25.3 Å². The third-order valence-corrected chi connectivity index (χ3v) is 3.98. The SMILES string of the molecule is Cc1cc(C)n(B(F)F)c1CC1C=CC(CCC(=O)NCC=O)=N1. The van der Waals surface area contributed by atoms with E-state index in [9.17, 15) is 18.2 Å². The molecule has 0 saturated heterocycles. The predicted molar refractivity (Wildman–Crippen MR) is 89.6 cm³/mol. The van der Waals surface area contributed by atoms with Crippen LogP contribution in [0.3, 0.4) is 0 Å². The molecule has 0 bridgehead atoms. The molecule has 2 rings (SSSR count). The second-order valence-electron chi connectivity index (χ2n) is 5.78. The number of nitrogens with one attached hydrogen (secondary N) is 1. The van der Waals surface area contributed by atoms with Crippen LogP contribution in [0.1, 0.15) is 29.8 Å². The lowest BCUT2D eigenvalue weighted by molar-refractivity contribution is -0.122. The van der Waals surface area contributed by atoms with Gasteiger partial charge in [-0.2, -0.15) is 0 Å². The minimum atomic E-state index is -2.57. The number of halogens is 2. The summed E-state index contributed by atoms with van der Waals surface area (Å²) in [6, 6.07) is 1.56. The molecule has 8 heteroatoms. The maximum absolute atomic E-state index is 13.2. The van der Waals surface area contributed by atoms with Gasteiger partial charge in [-0.3, -0.25) is 18.4 Å². The molecule has 1 amide bonds. The highest BCUT2D eigenvalue weighted by Crippen LogP contribution is 2.21. The quantitative estimate of drug-likeness (QED) is 0.583. The molecule has 1 aromatic rings. The summed E-state index contributed by atoms with van der Waals surface area (Å²) in [6.07, 6.45) is 5.44. The van der Waals surface area contributed by atoms with E-state index in [1.807, 2.05) is 19.1 Å². The van der Waals surface area contributed by atoms with Gasteiger partial charge < -0.3 is 14.6 Å². The Hall–Kier alpha value is -2.25. The van der Waals surface area contributed by atoms with Gasteiger partial charge in [0.15, 0.2) is 0 Å². The molecule has 0 aliphatic carbocycles. The molecule has 0 aromatic carbocycles. The Morgan fingerprint density at radius 3 is 2.88 bits per heavy atom. The van der Waals surface area contributed by atoms with Crippen molar-refractivity contribution in [2.45, 2.75) is 39.2 Å². The highest BCUT2D eigenvalue weighted by Gasteiger charge is 2.25. The van der Waals surface area contributed by atoms with Gasteiger partial charge in [-0.25, -0.2) is 0 Å². The third kappa shape index (κ3) is 4.40. The van der Waals surface area contributed by atoms with E-state index in [0.717, 1.165) is 15.8 Å². The summed E-state index contributed by atoms with van der Waals surface area (Å²) < 4.78 is 27.5. The zero-order valence-electron chi connectivity index (χ0n) is 13.8. The van der Waals surface area contributed by atoms with Gasteiger partial charge in [0.1, 0.15) is 6.29 Å². The minimum absolute atomic E-state index is 0.00696. The van der Waals surface area contributed by atoms with Gasteiger partial charge in [-0.05, 0) is 38.0 Å². The van der Waals surface area contributed by atoms with Crippen molar-refractivity contribution in [2.24, 2.45) is 4.99 Å². The highest BCUT2D eigenvalue weighted by molar-refractivity contribution is 6.41. The van der Waals surface area contributed by atoms with Crippen molar-refractivity contribution in [3.8, 4) is 0 Å². The molecular weight excluding hydrogens is 315 g/mol. The number of aliphatic imine (C=N–C) groups is 1. The summed E-state index contributed by atoms with van der Waals surface area (Å²) in [6.45, 7) is 3.49. The largest absolute Gasteiger partial charge is 0.677 e. The van der Waals surface area contributed by atoms with Crippen LogP contribution >= 0.6 is 0 Å². The van der Waals surface area contributed by atoms with Crippen LogP contribution in [0.5, 0.6) is 0 Å². The highest BCUT2D eigenvalue weighted by atomic mass is 19.2. The summed E-state index contributed by atoms with van der Waals surface area (Å²) in [5.41, 5.74) is 2.73. The van der Waals surface area contributed by atoms with E-state index in [4.69, 9.17) is 0 Å². The Morgan fingerprint density at radius 1 is 1.46 bits per heavy atom. The van der Waals surface area contributed by atoms with Crippen molar-refractivity contribution < 1.29 is 18.2 Å². The van der Waals surface area contributed by atoms with Crippen LogP contribution in [0.15, 0.2) is 23.2 Å². The van der Waals surface area contributed by atoms with Crippen LogP contribution in [0.4, 0.5) is 8.63 Å². The first-order chi connectivity index (χ1) is 11.4. The lowest BCUT2D eigenvalue weighted by Gasteiger charge is -2.11. The second kappa shape index (κ2) is 8.03. The zero-order valence-corrected chi connectivity index (χ0v) is 13.8. The van der Waals surface area contributed by atoms with Crippen LogP contribution < -0.4 is 5.32 Å². The molecule has 1 aliphatic rings. The van der Waals surface area contributed by atoms with Gasteiger partial charge in [-0.1, -0.05) is 6.08 Å². The fourth-order valence-corrected chi connectivity index (χ4v) is 2.87. The van der Waals surface area contributed by atoms with Crippen LogP contribution in [0.2, 0.25) is 0 Å². The normalized spacial score (nSPS) is 16.2. The number of aromatic nitrogens is 1. The molecule has 1 unspecified atom stereocenters. The van der Waals surface area contributed by atoms with Crippen molar-refractivity contribution in [2.75, 3.05) is 6.54 Å². The van der Waals surface area contributed by atoms with E-state index in [1.54, 1.807) is 13.0 Å². The van der Waals surface area contributed by atoms with E-state index in [0.29, 0.717) is 30.5 Å². The van der Waals surface area contributed by atoms with Gasteiger partial charge in [0.25, 0.3) is 0 Å². The molecule has 1 aliphatic heterocycles. The standard InChI is InChI=1S/C16H20BF2N3O2/c1-11-9-12(2)22(17(18)19)15(11)10-14-4-3-13(21-14)5-6-16(24)20-7-8-23/h3-4,8-9,14H,5-7,10H2,1-2H3,(H,20,24). The zero-order chi connectivity index (χ0) is 17.7. The number of carbonyl (C=O) groups excluding carboxylic acids is 2.